The van der Waals surface area contributed by atoms with Crippen LogP contribution in [0, 0.1) is 10.1 Å². The molecule has 0 radical (unpaired) electrons. The minimum absolute atomic E-state index is 0.0169. The number of aromatic nitrogens is 2. The molecule has 0 saturated carbocycles. The van der Waals surface area contributed by atoms with Crippen LogP contribution in [0.5, 0.6) is 11.6 Å². The summed E-state index contributed by atoms with van der Waals surface area (Å²) < 4.78 is 6.04. The quantitative estimate of drug-likeness (QED) is 0.626. The van der Waals surface area contributed by atoms with Crippen LogP contribution in [0.3, 0.4) is 0 Å². The van der Waals surface area contributed by atoms with Crippen molar-refractivity contribution in [3.05, 3.63) is 38.9 Å². The zero-order valence-electron chi connectivity index (χ0n) is 11.0. The van der Waals surface area contributed by atoms with Gasteiger partial charge in [-0.15, -0.1) is 0 Å². The van der Waals surface area contributed by atoms with Gasteiger partial charge in [-0.05, 0) is 19.1 Å². The Morgan fingerprint density at radius 1 is 1.43 bits per heavy atom. The average Bonchev–Trinajstić information content (AvgIpc) is 2.40. The van der Waals surface area contributed by atoms with Gasteiger partial charge in [-0.3, -0.25) is 10.1 Å². The van der Waals surface area contributed by atoms with E-state index < -0.39 is 4.92 Å². The third-order valence-electron chi connectivity index (χ3n) is 2.41. The summed E-state index contributed by atoms with van der Waals surface area (Å²) in [5.41, 5.74) is 5.41. The maximum Gasteiger partial charge on any atom is 0.312 e. The van der Waals surface area contributed by atoms with Crippen LogP contribution >= 0.6 is 15.9 Å². The van der Waals surface area contributed by atoms with Gasteiger partial charge in [0.25, 0.3) is 0 Å². The van der Waals surface area contributed by atoms with E-state index in [1.54, 1.807) is 6.07 Å². The van der Waals surface area contributed by atoms with Crippen molar-refractivity contribution < 1.29 is 9.66 Å². The number of hydrogen-bond acceptors (Lipinski definition) is 7. The molecule has 0 aliphatic carbocycles. The number of nitrogens with zero attached hydrogens (tertiary/aromatic N) is 3. The normalized spacial score (nSPS) is 10.2. The fraction of sp³-hybridized carbons (Fsp3) is 0.167. The first-order chi connectivity index (χ1) is 9.99. The highest BCUT2D eigenvalue weighted by atomic mass is 79.9. The van der Waals surface area contributed by atoms with Crippen molar-refractivity contribution in [1.29, 1.82) is 0 Å². The van der Waals surface area contributed by atoms with E-state index in [0.717, 1.165) is 0 Å². The summed E-state index contributed by atoms with van der Waals surface area (Å²) in [5, 5.41) is 14.0. The molecule has 0 aliphatic rings. The van der Waals surface area contributed by atoms with E-state index in [9.17, 15) is 10.1 Å². The molecule has 0 atom stereocenters. The number of nitrogen functional groups attached to an aromatic ring is 1. The third-order valence-corrected chi connectivity index (χ3v) is 2.90. The maximum absolute atomic E-state index is 11.0. The number of halogens is 1. The second-order valence-corrected chi connectivity index (χ2v) is 4.87. The standard InChI is InChI=1S/C12H12BrN5O3/c1-2-15-10-6-11(17-12(14)16-10)21-9-4-3-7(13)5-8(9)18(19)20/h3-6H,2H2,1H3,(H3,14,15,16,17). The molecular formula is C12H12BrN5O3. The van der Waals surface area contributed by atoms with E-state index >= 15 is 0 Å². The first kappa shape index (κ1) is 15.0. The molecule has 1 aromatic heterocycles. The molecule has 1 heterocycles. The highest BCUT2D eigenvalue weighted by Gasteiger charge is 2.17. The molecular weight excluding hydrogens is 342 g/mol. The van der Waals surface area contributed by atoms with Crippen LogP contribution in [0.2, 0.25) is 0 Å². The minimum atomic E-state index is -0.532. The van der Waals surface area contributed by atoms with Crippen molar-refractivity contribution in [2.24, 2.45) is 0 Å². The second kappa shape index (κ2) is 6.35. The van der Waals surface area contributed by atoms with Crippen molar-refractivity contribution in [3.8, 4) is 11.6 Å². The molecule has 0 amide bonds. The Hall–Kier alpha value is -2.42. The van der Waals surface area contributed by atoms with Crippen LogP contribution in [0.4, 0.5) is 17.5 Å². The Bertz CT molecular complexity index is 680. The largest absolute Gasteiger partial charge is 0.432 e. The predicted octanol–water partition coefficient (Wildman–Crippen LogP) is 2.95. The first-order valence-corrected chi connectivity index (χ1v) is 6.79. The van der Waals surface area contributed by atoms with E-state index in [-0.39, 0.29) is 23.3 Å². The molecule has 1 aromatic carbocycles. The van der Waals surface area contributed by atoms with Gasteiger partial charge >= 0.3 is 5.69 Å². The molecule has 21 heavy (non-hydrogen) atoms. The van der Waals surface area contributed by atoms with Gasteiger partial charge in [-0.25, -0.2) is 0 Å². The monoisotopic (exact) mass is 353 g/mol. The number of benzene rings is 1. The van der Waals surface area contributed by atoms with Crippen molar-refractivity contribution in [1.82, 2.24) is 9.97 Å². The SMILES string of the molecule is CCNc1cc(Oc2ccc(Br)cc2[N+](=O)[O-])nc(N)n1. The molecule has 8 nitrogen and oxygen atoms in total. The van der Waals surface area contributed by atoms with Crippen LogP contribution in [0.1, 0.15) is 6.92 Å². The lowest BCUT2D eigenvalue weighted by Gasteiger charge is -2.08. The van der Waals surface area contributed by atoms with Crippen LogP contribution < -0.4 is 15.8 Å². The molecule has 0 aliphatic heterocycles. The molecule has 0 spiro atoms. The van der Waals surface area contributed by atoms with Gasteiger partial charge in [0, 0.05) is 23.2 Å². The fourth-order valence-corrected chi connectivity index (χ4v) is 1.95. The zero-order valence-corrected chi connectivity index (χ0v) is 12.6. The van der Waals surface area contributed by atoms with E-state index in [1.807, 2.05) is 6.92 Å². The number of nitrogens with two attached hydrogens (primary N) is 1. The summed E-state index contributed by atoms with van der Waals surface area (Å²) >= 11 is 3.18. The molecule has 2 rings (SSSR count). The van der Waals surface area contributed by atoms with Gasteiger partial charge in [-0.1, -0.05) is 15.9 Å². The number of nitro benzene ring substituents is 1. The zero-order chi connectivity index (χ0) is 15.4. The molecule has 2 aromatic rings. The fourth-order valence-electron chi connectivity index (χ4n) is 1.60. The molecule has 0 fully saturated rings. The lowest BCUT2D eigenvalue weighted by atomic mass is 10.3. The summed E-state index contributed by atoms with van der Waals surface area (Å²) in [5.74, 6) is 0.704. The third kappa shape index (κ3) is 3.78. The number of ether oxygens (including phenoxy) is 1. The summed E-state index contributed by atoms with van der Waals surface area (Å²) in [4.78, 5) is 18.4. The minimum Gasteiger partial charge on any atom is -0.432 e. The predicted molar refractivity (Wildman–Crippen MR) is 81.5 cm³/mol. The van der Waals surface area contributed by atoms with E-state index in [2.05, 4.69) is 31.2 Å². The van der Waals surface area contributed by atoms with E-state index in [0.29, 0.717) is 16.8 Å². The van der Waals surface area contributed by atoms with Crippen molar-refractivity contribution in [2.45, 2.75) is 6.92 Å². The Labute approximate surface area is 128 Å². The second-order valence-electron chi connectivity index (χ2n) is 3.95. The van der Waals surface area contributed by atoms with Gasteiger partial charge < -0.3 is 15.8 Å². The average molecular weight is 354 g/mol. The Morgan fingerprint density at radius 3 is 2.86 bits per heavy atom. The number of anilines is 2. The molecule has 0 unspecified atom stereocenters. The lowest BCUT2D eigenvalue weighted by Crippen LogP contribution is -2.04. The van der Waals surface area contributed by atoms with Gasteiger partial charge in [0.2, 0.25) is 17.6 Å². The summed E-state index contributed by atoms with van der Waals surface area (Å²) in [6.07, 6.45) is 0. The number of nitro groups is 1. The highest BCUT2D eigenvalue weighted by Crippen LogP contribution is 2.33. The van der Waals surface area contributed by atoms with E-state index in [4.69, 9.17) is 10.5 Å². The molecule has 9 heteroatoms. The van der Waals surface area contributed by atoms with Crippen molar-refractivity contribution >= 4 is 33.4 Å². The van der Waals surface area contributed by atoms with Crippen LogP contribution in [-0.2, 0) is 0 Å². The molecule has 0 saturated heterocycles. The van der Waals surface area contributed by atoms with Crippen LogP contribution in [-0.4, -0.2) is 21.4 Å². The maximum atomic E-state index is 11.0. The Kier molecular flexibility index (Phi) is 4.53. The number of nitrogens with one attached hydrogen (secondary N) is 1. The van der Waals surface area contributed by atoms with Crippen molar-refractivity contribution in [3.63, 3.8) is 0 Å². The van der Waals surface area contributed by atoms with Gasteiger partial charge in [0.15, 0.2) is 0 Å². The first-order valence-electron chi connectivity index (χ1n) is 6.00. The van der Waals surface area contributed by atoms with Crippen molar-refractivity contribution in [2.75, 3.05) is 17.6 Å². The summed E-state index contributed by atoms with van der Waals surface area (Å²) in [7, 11) is 0. The molecule has 0 bridgehead atoms. The summed E-state index contributed by atoms with van der Waals surface area (Å²) in [6, 6.07) is 5.99. The highest BCUT2D eigenvalue weighted by molar-refractivity contribution is 9.10. The van der Waals surface area contributed by atoms with E-state index in [1.165, 1.54) is 18.2 Å². The summed E-state index contributed by atoms with van der Waals surface area (Å²) in [6.45, 7) is 2.55. The molecule has 110 valence electrons. The van der Waals surface area contributed by atoms with Gasteiger partial charge in [-0.2, -0.15) is 9.97 Å². The Morgan fingerprint density at radius 2 is 2.19 bits per heavy atom. The number of hydrogen-bond donors (Lipinski definition) is 2. The van der Waals surface area contributed by atoms with Gasteiger partial charge in [0.1, 0.15) is 5.82 Å². The lowest BCUT2D eigenvalue weighted by molar-refractivity contribution is -0.385. The molecule has 3 N–H and O–H groups in total. The van der Waals surface area contributed by atoms with Crippen LogP contribution in [0.15, 0.2) is 28.7 Å². The topological polar surface area (TPSA) is 116 Å². The number of rotatable bonds is 5. The Balaban J connectivity index is 2.36. The smallest absolute Gasteiger partial charge is 0.312 e. The van der Waals surface area contributed by atoms with Crippen LogP contribution in [0.25, 0.3) is 0 Å². The van der Waals surface area contributed by atoms with Gasteiger partial charge in [0.05, 0.1) is 4.92 Å².